The van der Waals surface area contributed by atoms with E-state index in [1.807, 2.05) is 13.8 Å². The lowest BCUT2D eigenvalue weighted by atomic mass is 10.1. The molecule has 0 aliphatic carbocycles. The van der Waals surface area contributed by atoms with Gasteiger partial charge in [0.25, 0.3) is 0 Å². The molecule has 8 nitrogen and oxygen atoms in total. The average molecular weight is 438 g/mol. The second-order valence-electron chi connectivity index (χ2n) is 8.07. The van der Waals surface area contributed by atoms with Crippen LogP contribution in [-0.4, -0.2) is 62.9 Å². The van der Waals surface area contributed by atoms with E-state index in [2.05, 4.69) is 5.32 Å². The number of nitrogens with zero attached hydrogens (tertiary/aromatic N) is 2. The number of hydrogen-bond acceptors (Lipinski definition) is 5. The first-order valence-electron chi connectivity index (χ1n) is 10.5. The number of anilines is 1. The lowest BCUT2D eigenvalue weighted by molar-refractivity contribution is -0.125. The van der Waals surface area contributed by atoms with E-state index in [9.17, 15) is 18.0 Å². The van der Waals surface area contributed by atoms with E-state index < -0.39 is 16.1 Å². The third kappa shape index (κ3) is 4.84. The molecule has 1 fully saturated rings. The average Bonchev–Trinajstić information content (AvgIpc) is 3.34. The number of carbonyl (C=O) groups is 2. The molecule has 1 aromatic rings. The van der Waals surface area contributed by atoms with Crippen LogP contribution in [0.1, 0.15) is 45.6 Å². The second-order valence-corrected chi connectivity index (χ2v) is 10.0. The summed E-state index contributed by atoms with van der Waals surface area (Å²) < 4.78 is 32.7. The van der Waals surface area contributed by atoms with Crippen molar-refractivity contribution < 1.29 is 22.7 Å². The smallest absolute Gasteiger partial charge is 0.243 e. The molecule has 1 N–H and O–H groups in total. The van der Waals surface area contributed by atoms with Crippen LogP contribution >= 0.6 is 0 Å². The van der Waals surface area contributed by atoms with Gasteiger partial charge in [-0.25, -0.2) is 8.42 Å². The van der Waals surface area contributed by atoms with Gasteiger partial charge in [-0.05, 0) is 56.9 Å². The highest BCUT2D eigenvalue weighted by Crippen LogP contribution is 2.35. The van der Waals surface area contributed by atoms with Gasteiger partial charge in [-0.15, -0.1) is 0 Å². The first-order valence-corrected chi connectivity index (χ1v) is 12.0. The molecule has 3 rings (SSSR count). The number of rotatable bonds is 8. The molecular weight excluding hydrogens is 406 g/mol. The van der Waals surface area contributed by atoms with Crippen molar-refractivity contribution in [2.75, 3.05) is 31.1 Å². The quantitative estimate of drug-likeness (QED) is 0.624. The van der Waals surface area contributed by atoms with Crippen LogP contribution in [0.5, 0.6) is 0 Å². The fourth-order valence-corrected chi connectivity index (χ4v) is 5.55. The maximum absolute atomic E-state index is 12.9. The SMILES string of the molecule is CC(=O)N1c2ccc(S(=O)(=O)N3CCCC3)cc2CC1C(=O)NCCCOC(C)C. The summed E-state index contributed by atoms with van der Waals surface area (Å²) in [6.07, 6.45) is 2.86. The summed E-state index contributed by atoms with van der Waals surface area (Å²) in [5.41, 5.74) is 1.31. The van der Waals surface area contributed by atoms with Gasteiger partial charge in [0, 0.05) is 45.3 Å². The van der Waals surface area contributed by atoms with Gasteiger partial charge in [-0.1, -0.05) is 0 Å². The van der Waals surface area contributed by atoms with Crippen LogP contribution in [0.4, 0.5) is 5.69 Å². The maximum atomic E-state index is 12.9. The van der Waals surface area contributed by atoms with Gasteiger partial charge >= 0.3 is 0 Å². The number of fused-ring (bicyclic) bond motifs is 1. The molecule has 1 saturated heterocycles. The predicted octanol–water partition coefficient (Wildman–Crippen LogP) is 1.68. The summed E-state index contributed by atoms with van der Waals surface area (Å²) in [6.45, 7) is 7.40. The van der Waals surface area contributed by atoms with Gasteiger partial charge in [0.15, 0.2) is 0 Å². The Morgan fingerprint density at radius 2 is 1.93 bits per heavy atom. The summed E-state index contributed by atoms with van der Waals surface area (Å²) in [6, 6.07) is 4.12. The Morgan fingerprint density at radius 3 is 2.57 bits per heavy atom. The Hall–Kier alpha value is -1.97. The number of carbonyl (C=O) groups excluding carboxylic acids is 2. The van der Waals surface area contributed by atoms with E-state index in [4.69, 9.17) is 4.74 Å². The van der Waals surface area contributed by atoms with Gasteiger partial charge in [-0.3, -0.25) is 14.5 Å². The normalized spacial score (nSPS) is 19.3. The monoisotopic (exact) mass is 437 g/mol. The van der Waals surface area contributed by atoms with Crippen molar-refractivity contribution in [3.8, 4) is 0 Å². The molecule has 0 spiro atoms. The van der Waals surface area contributed by atoms with Crippen LogP contribution in [-0.2, 0) is 30.8 Å². The molecule has 2 amide bonds. The number of nitrogens with one attached hydrogen (secondary N) is 1. The van der Waals surface area contributed by atoms with Crippen molar-refractivity contribution in [3.63, 3.8) is 0 Å². The highest BCUT2D eigenvalue weighted by molar-refractivity contribution is 7.89. The van der Waals surface area contributed by atoms with E-state index in [1.54, 1.807) is 12.1 Å². The number of ether oxygens (including phenoxy) is 1. The van der Waals surface area contributed by atoms with Crippen molar-refractivity contribution in [3.05, 3.63) is 23.8 Å². The van der Waals surface area contributed by atoms with E-state index in [0.29, 0.717) is 50.3 Å². The molecule has 1 atom stereocenters. The van der Waals surface area contributed by atoms with E-state index in [1.165, 1.54) is 22.2 Å². The molecule has 9 heteroatoms. The second kappa shape index (κ2) is 9.45. The van der Waals surface area contributed by atoms with Crippen molar-refractivity contribution >= 4 is 27.5 Å². The molecule has 30 heavy (non-hydrogen) atoms. The molecule has 2 aliphatic heterocycles. The van der Waals surface area contributed by atoms with Gasteiger partial charge < -0.3 is 10.1 Å². The minimum atomic E-state index is -3.55. The Kier molecular flexibility index (Phi) is 7.15. The largest absolute Gasteiger partial charge is 0.379 e. The Morgan fingerprint density at radius 1 is 1.23 bits per heavy atom. The summed E-state index contributed by atoms with van der Waals surface area (Å²) in [4.78, 5) is 26.7. The molecule has 0 bridgehead atoms. The summed E-state index contributed by atoms with van der Waals surface area (Å²) in [7, 11) is -3.55. The molecule has 1 aromatic carbocycles. The molecular formula is C21H31N3O5S. The third-order valence-corrected chi connectivity index (χ3v) is 7.35. The molecule has 0 radical (unpaired) electrons. The Bertz CT molecular complexity index is 894. The van der Waals surface area contributed by atoms with E-state index in [0.717, 1.165) is 12.8 Å². The molecule has 2 heterocycles. The zero-order valence-electron chi connectivity index (χ0n) is 17.9. The Balaban J connectivity index is 1.72. The van der Waals surface area contributed by atoms with Gasteiger partial charge in [0.2, 0.25) is 21.8 Å². The number of sulfonamides is 1. The molecule has 166 valence electrons. The third-order valence-electron chi connectivity index (χ3n) is 5.45. The van der Waals surface area contributed by atoms with Crippen LogP contribution in [0, 0.1) is 0 Å². The summed E-state index contributed by atoms with van der Waals surface area (Å²) in [5.74, 6) is -0.484. The number of benzene rings is 1. The zero-order chi connectivity index (χ0) is 21.9. The van der Waals surface area contributed by atoms with Crippen LogP contribution < -0.4 is 10.2 Å². The number of hydrogen-bond donors (Lipinski definition) is 1. The highest BCUT2D eigenvalue weighted by Gasteiger charge is 2.38. The van der Waals surface area contributed by atoms with Crippen molar-refractivity contribution in [1.29, 1.82) is 0 Å². The molecule has 0 aromatic heterocycles. The van der Waals surface area contributed by atoms with Gasteiger partial charge in [0.1, 0.15) is 6.04 Å². The summed E-state index contributed by atoms with van der Waals surface area (Å²) >= 11 is 0. The first-order chi connectivity index (χ1) is 14.2. The maximum Gasteiger partial charge on any atom is 0.243 e. The minimum absolute atomic E-state index is 0.143. The summed E-state index contributed by atoms with van der Waals surface area (Å²) in [5, 5.41) is 2.87. The molecule has 0 saturated carbocycles. The number of amides is 2. The topological polar surface area (TPSA) is 96.0 Å². The van der Waals surface area contributed by atoms with Gasteiger partial charge in [-0.2, -0.15) is 4.31 Å². The fourth-order valence-electron chi connectivity index (χ4n) is 3.99. The minimum Gasteiger partial charge on any atom is -0.379 e. The van der Waals surface area contributed by atoms with Crippen LogP contribution in [0.2, 0.25) is 0 Å². The molecule has 1 unspecified atom stereocenters. The lowest BCUT2D eigenvalue weighted by Crippen LogP contribution is -2.47. The van der Waals surface area contributed by atoms with Gasteiger partial charge in [0.05, 0.1) is 11.0 Å². The predicted molar refractivity (Wildman–Crippen MR) is 114 cm³/mol. The standard InChI is InChI=1S/C21H31N3O5S/c1-15(2)29-12-6-9-22-21(26)20-14-17-13-18(7-8-19(17)24(20)16(3)25)30(27,28)23-10-4-5-11-23/h7-8,13,15,20H,4-6,9-12,14H2,1-3H3,(H,22,26). The van der Waals surface area contributed by atoms with E-state index in [-0.39, 0.29) is 22.8 Å². The fraction of sp³-hybridized carbons (Fsp3) is 0.619. The zero-order valence-corrected chi connectivity index (χ0v) is 18.7. The van der Waals surface area contributed by atoms with Crippen LogP contribution in [0.25, 0.3) is 0 Å². The highest BCUT2D eigenvalue weighted by atomic mass is 32.2. The first kappa shape index (κ1) is 22.7. The Labute approximate surface area is 178 Å². The molecule has 2 aliphatic rings. The van der Waals surface area contributed by atoms with Crippen molar-refractivity contribution in [1.82, 2.24) is 9.62 Å². The lowest BCUT2D eigenvalue weighted by Gasteiger charge is -2.23. The van der Waals surface area contributed by atoms with Crippen molar-refractivity contribution in [2.24, 2.45) is 0 Å². The van der Waals surface area contributed by atoms with E-state index >= 15 is 0 Å². The van der Waals surface area contributed by atoms with Crippen molar-refractivity contribution in [2.45, 2.75) is 63.5 Å². The van der Waals surface area contributed by atoms with Crippen LogP contribution in [0.15, 0.2) is 23.1 Å². The van der Waals surface area contributed by atoms with Crippen LogP contribution in [0.3, 0.4) is 0 Å².